The lowest BCUT2D eigenvalue weighted by Crippen LogP contribution is -2.22. The van der Waals surface area contributed by atoms with Crippen molar-refractivity contribution in [3.05, 3.63) is 40.0 Å². The summed E-state index contributed by atoms with van der Waals surface area (Å²) in [5.41, 5.74) is 2.01. The smallest absolute Gasteiger partial charge is 0.250 e. The highest BCUT2D eigenvalue weighted by Crippen LogP contribution is 2.41. The molecule has 0 aliphatic carbocycles. The van der Waals surface area contributed by atoms with Crippen LogP contribution in [0, 0.1) is 17.8 Å². The number of halogens is 1. The molecule has 2 aromatic rings. The van der Waals surface area contributed by atoms with E-state index in [0.717, 1.165) is 22.3 Å². The maximum absolute atomic E-state index is 5.78. The van der Waals surface area contributed by atoms with Crippen LogP contribution in [0.3, 0.4) is 0 Å². The fourth-order valence-electron chi connectivity index (χ4n) is 3.42. The standard InChI is InChI=1S/C17H16BrN3OS/c18-14-5-1-3-12(9-14)4-2-8-22-17-16(19-23-20-17)15-11-21-7-6-13(15)10-21/h1,3,5,9,13,15H,6-8,10-11H2. The van der Waals surface area contributed by atoms with E-state index >= 15 is 0 Å². The second-order valence-corrected chi connectivity index (χ2v) is 7.41. The third kappa shape index (κ3) is 3.27. The highest BCUT2D eigenvalue weighted by atomic mass is 79.9. The number of hydrogen-bond acceptors (Lipinski definition) is 5. The van der Waals surface area contributed by atoms with Crippen LogP contribution >= 0.6 is 27.7 Å². The first-order chi connectivity index (χ1) is 11.3. The maximum Gasteiger partial charge on any atom is 0.250 e. The van der Waals surface area contributed by atoms with Gasteiger partial charge in [0.15, 0.2) is 6.61 Å². The Morgan fingerprint density at radius 3 is 3.09 bits per heavy atom. The summed E-state index contributed by atoms with van der Waals surface area (Å²) in [5.74, 6) is 8.03. The van der Waals surface area contributed by atoms with Gasteiger partial charge in [-0.2, -0.15) is 4.37 Å². The van der Waals surface area contributed by atoms with Crippen LogP contribution in [0.5, 0.6) is 5.88 Å². The number of benzene rings is 1. The van der Waals surface area contributed by atoms with Crippen LogP contribution in [-0.2, 0) is 0 Å². The average molecular weight is 390 g/mol. The molecule has 0 radical (unpaired) electrons. The minimum atomic E-state index is 0.339. The van der Waals surface area contributed by atoms with E-state index in [-0.39, 0.29) is 0 Å². The summed E-state index contributed by atoms with van der Waals surface area (Å²) < 4.78 is 15.6. The molecule has 1 aromatic heterocycles. The summed E-state index contributed by atoms with van der Waals surface area (Å²) in [6.45, 7) is 3.86. The molecule has 3 heterocycles. The van der Waals surface area contributed by atoms with Crippen molar-refractivity contribution in [3.63, 3.8) is 0 Å². The molecule has 3 atom stereocenters. The van der Waals surface area contributed by atoms with Crippen LogP contribution in [0.2, 0.25) is 0 Å². The second kappa shape index (κ2) is 6.60. The van der Waals surface area contributed by atoms with Crippen molar-refractivity contribution in [1.82, 2.24) is 13.6 Å². The van der Waals surface area contributed by atoms with E-state index in [4.69, 9.17) is 4.74 Å². The van der Waals surface area contributed by atoms with E-state index in [0.29, 0.717) is 24.3 Å². The van der Waals surface area contributed by atoms with Crippen molar-refractivity contribution in [2.75, 3.05) is 26.2 Å². The highest BCUT2D eigenvalue weighted by molar-refractivity contribution is 9.10. The molecule has 1 aromatic carbocycles. The zero-order chi connectivity index (χ0) is 15.6. The summed E-state index contributed by atoms with van der Waals surface area (Å²) >= 11 is 4.68. The molecular formula is C17H16BrN3OS. The van der Waals surface area contributed by atoms with Gasteiger partial charge in [0.05, 0.1) is 11.7 Å². The Labute approximate surface area is 148 Å². The van der Waals surface area contributed by atoms with E-state index in [2.05, 4.69) is 41.4 Å². The molecule has 2 fully saturated rings. The third-order valence-electron chi connectivity index (χ3n) is 4.50. The third-order valence-corrected chi connectivity index (χ3v) is 5.52. The second-order valence-electron chi connectivity index (χ2n) is 5.97. The molecule has 0 saturated carbocycles. The van der Waals surface area contributed by atoms with Gasteiger partial charge in [-0.1, -0.05) is 33.8 Å². The first kappa shape index (κ1) is 15.1. The minimum absolute atomic E-state index is 0.339. The van der Waals surface area contributed by atoms with Gasteiger partial charge < -0.3 is 9.64 Å². The van der Waals surface area contributed by atoms with Crippen molar-refractivity contribution in [2.24, 2.45) is 5.92 Å². The molecule has 2 saturated heterocycles. The van der Waals surface area contributed by atoms with Gasteiger partial charge in [-0.05, 0) is 37.1 Å². The lowest BCUT2D eigenvalue weighted by molar-refractivity contribution is 0.323. The molecule has 6 heteroatoms. The molecule has 3 unspecified atom stereocenters. The molecule has 23 heavy (non-hydrogen) atoms. The number of ether oxygens (including phenoxy) is 1. The molecule has 0 N–H and O–H groups in total. The van der Waals surface area contributed by atoms with Crippen LogP contribution in [0.4, 0.5) is 0 Å². The van der Waals surface area contributed by atoms with Crippen LogP contribution in [0.25, 0.3) is 0 Å². The normalized spacial score (nSPS) is 25.2. The average Bonchev–Trinajstić information content (AvgIpc) is 3.27. The van der Waals surface area contributed by atoms with Gasteiger partial charge in [0.2, 0.25) is 5.88 Å². The van der Waals surface area contributed by atoms with Crippen molar-refractivity contribution >= 4 is 27.7 Å². The van der Waals surface area contributed by atoms with Crippen LogP contribution in [0.1, 0.15) is 23.6 Å². The van der Waals surface area contributed by atoms with E-state index in [1.165, 1.54) is 31.2 Å². The SMILES string of the molecule is Brc1cccc(C#CCOc2nsnc2C2CN3CCC2C3)c1. The molecule has 2 aliphatic heterocycles. The first-order valence-corrected chi connectivity index (χ1v) is 9.24. The van der Waals surface area contributed by atoms with Crippen LogP contribution in [-0.4, -0.2) is 39.9 Å². The predicted octanol–water partition coefficient (Wildman–Crippen LogP) is 3.15. The zero-order valence-electron chi connectivity index (χ0n) is 12.5. The topological polar surface area (TPSA) is 38.3 Å². The lowest BCUT2D eigenvalue weighted by atomic mass is 9.90. The molecule has 118 valence electrons. The van der Waals surface area contributed by atoms with Gasteiger partial charge in [-0.15, -0.1) is 4.37 Å². The Bertz CT molecular complexity index is 766. The number of rotatable bonds is 3. The summed E-state index contributed by atoms with van der Waals surface area (Å²) in [4.78, 5) is 2.51. The molecule has 4 nitrogen and oxygen atoms in total. The van der Waals surface area contributed by atoms with E-state index in [1.807, 2.05) is 24.3 Å². The van der Waals surface area contributed by atoms with E-state index in [1.54, 1.807) is 0 Å². The van der Waals surface area contributed by atoms with Gasteiger partial charge in [0.1, 0.15) is 5.69 Å². The maximum atomic E-state index is 5.78. The van der Waals surface area contributed by atoms with Crippen LogP contribution in [0.15, 0.2) is 28.7 Å². The Morgan fingerprint density at radius 2 is 2.30 bits per heavy atom. The van der Waals surface area contributed by atoms with Gasteiger partial charge in [0.25, 0.3) is 0 Å². The van der Waals surface area contributed by atoms with Crippen molar-refractivity contribution in [2.45, 2.75) is 12.3 Å². The molecule has 0 amide bonds. The number of hydrogen-bond donors (Lipinski definition) is 0. The fraction of sp³-hybridized carbons (Fsp3) is 0.412. The summed E-state index contributed by atoms with van der Waals surface area (Å²) in [6.07, 6.45) is 1.27. The predicted molar refractivity (Wildman–Crippen MR) is 93.7 cm³/mol. The summed E-state index contributed by atoms with van der Waals surface area (Å²) in [7, 11) is 0. The number of piperidine rings is 1. The van der Waals surface area contributed by atoms with Crippen molar-refractivity contribution in [3.8, 4) is 17.7 Å². The van der Waals surface area contributed by atoms with Gasteiger partial charge in [0, 0.05) is 29.0 Å². The van der Waals surface area contributed by atoms with Crippen molar-refractivity contribution < 1.29 is 4.74 Å². The first-order valence-electron chi connectivity index (χ1n) is 7.71. The van der Waals surface area contributed by atoms with E-state index < -0.39 is 0 Å². The number of fused-ring (bicyclic) bond motifs is 2. The number of nitrogens with zero attached hydrogens (tertiary/aromatic N) is 3. The Hall–Kier alpha value is -1.42. The Morgan fingerprint density at radius 1 is 1.35 bits per heavy atom. The molecule has 4 rings (SSSR count). The Kier molecular flexibility index (Phi) is 4.34. The zero-order valence-corrected chi connectivity index (χ0v) is 14.9. The monoisotopic (exact) mass is 389 g/mol. The van der Waals surface area contributed by atoms with Gasteiger partial charge in [-0.3, -0.25) is 0 Å². The fourth-order valence-corrected chi connectivity index (χ4v) is 4.38. The van der Waals surface area contributed by atoms with E-state index in [9.17, 15) is 0 Å². The molecule has 0 spiro atoms. The molecular weight excluding hydrogens is 374 g/mol. The summed E-state index contributed by atoms with van der Waals surface area (Å²) in [6, 6.07) is 7.94. The minimum Gasteiger partial charge on any atom is -0.463 e. The van der Waals surface area contributed by atoms with Gasteiger partial charge >= 0.3 is 0 Å². The quantitative estimate of drug-likeness (QED) is 0.755. The molecule has 2 aliphatic rings. The lowest BCUT2D eigenvalue weighted by Gasteiger charge is -2.20. The highest BCUT2D eigenvalue weighted by Gasteiger charge is 2.41. The summed E-state index contributed by atoms with van der Waals surface area (Å²) in [5, 5.41) is 0. The number of aromatic nitrogens is 2. The Balaban J connectivity index is 1.40. The largest absolute Gasteiger partial charge is 0.463 e. The molecule has 2 bridgehead atoms. The van der Waals surface area contributed by atoms with Crippen molar-refractivity contribution in [1.29, 1.82) is 0 Å². The van der Waals surface area contributed by atoms with Crippen LogP contribution < -0.4 is 4.74 Å². The van der Waals surface area contributed by atoms with Gasteiger partial charge in [-0.25, -0.2) is 0 Å².